The van der Waals surface area contributed by atoms with Crippen molar-refractivity contribution in [2.24, 2.45) is 0 Å². The second kappa shape index (κ2) is 5.88. The van der Waals surface area contributed by atoms with Crippen molar-refractivity contribution in [1.82, 2.24) is 9.97 Å². The molecule has 0 aromatic carbocycles. The minimum atomic E-state index is 0.856. The molecule has 100 valence electrons. The molecule has 0 amide bonds. The topological polar surface area (TPSA) is 37.8 Å². The largest absolute Gasteiger partial charge is 0.369 e. The molecule has 2 aromatic rings. The Morgan fingerprint density at radius 3 is 2.95 bits per heavy atom. The Morgan fingerprint density at radius 2 is 2.11 bits per heavy atom. The number of anilines is 1. The van der Waals surface area contributed by atoms with Gasteiger partial charge in [0, 0.05) is 22.7 Å². The zero-order valence-electron chi connectivity index (χ0n) is 10.7. The van der Waals surface area contributed by atoms with Gasteiger partial charge in [-0.3, -0.25) is 0 Å². The maximum Gasteiger partial charge on any atom is 0.132 e. The van der Waals surface area contributed by atoms with Gasteiger partial charge in [0.2, 0.25) is 0 Å². The van der Waals surface area contributed by atoms with Gasteiger partial charge in [-0.15, -0.1) is 11.3 Å². The molecule has 0 fully saturated rings. The molecule has 0 aliphatic heterocycles. The number of fused-ring (bicyclic) bond motifs is 1. The summed E-state index contributed by atoms with van der Waals surface area (Å²) in [6.07, 6.45) is 7.34. The first kappa shape index (κ1) is 12.9. The van der Waals surface area contributed by atoms with E-state index in [2.05, 4.69) is 21.4 Å². The van der Waals surface area contributed by atoms with Crippen LogP contribution in [0.3, 0.4) is 0 Å². The lowest BCUT2D eigenvalue weighted by molar-refractivity contribution is 0.663. The van der Waals surface area contributed by atoms with Crippen molar-refractivity contribution in [3.8, 4) is 0 Å². The van der Waals surface area contributed by atoms with E-state index in [-0.39, 0.29) is 0 Å². The van der Waals surface area contributed by atoms with E-state index in [0.29, 0.717) is 0 Å². The monoisotopic (exact) mass is 293 g/mol. The van der Waals surface area contributed by atoms with E-state index in [4.69, 9.17) is 11.6 Å². The van der Waals surface area contributed by atoms with Crippen LogP contribution in [0.1, 0.15) is 29.0 Å². The van der Waals surface area contributed by atoms with E-state index in [1.165, 1.54) is 29.0 Å². The van der Waals surface area contributed by atoms with E-state index in [1.54, 1.807) is 17.7 Å². The Morgan fingerprint density at radius 1 is 1.21 bits per heavy atom. The summed E-state index contributed by atoms with van der Waals surface area (Å²) in [4.78, 5) is 10.1. The molecule has 1 aliphatic carbocycles. The normalized spacial score (nSPS) is 14.2. The highest BCUT2D eigenvalue weighted by Crippen LogP contribution is 2.25. The Bertz CT molecular complexity index is 568. The predicted octanol–water partition coefficient (Wildman–Crippen LogP) is 3.72. The summed E-state index contributed by atoms with van der Waals surface area (Å²) < 4.78 is 0.856. The maximum absolute atomic E-state index is 5.93. The third kappa shape index (κ3) is 3.07. The van der Waals surface area contributed by atoms with Crippen molar-refractivity contribution in [2.45, 2.75) is 32.1 Å². The number of thiophene rings is 1. The Balaban J connectivity index is 1.64. The van der Waals surface area contributed by atoms with Gasteiger partial charge in [0.15, 0.2) is 0 Å². The van der Waals surface area contributed by atoms with Crippen molar-refractivity contribution in [3.63, 3.8) is 0 Å². The fourth-order valence-electron chi connectivity index (χ4n) is 2.46. The van der Waals surface area contributed by atoms with Crippen molar-refractivity contribution >= 4 is 28.8 Å². The van der Waals surface area contributed by atoms with Crippen LogP contribution in [-0.2, 0) is 19.3 Å². The smallest absolute Gasteiger partial charge is 0.132 e. The van der Waals surface area contributed by atoms with Crippen molar-refractivity contribution < 1.29 is 0 Å². The van der Waals surface area contributed by atoms with Crippen molar-refractivity contribution in [2.75, 3.05) is 11.9 Å². The quantitative estimate of drug-likeness (QED) is 0.933. The Hall–Kier alpha value is -1.13. The van der Waals surface area contributed by atoms with Gasteiger partial charge in [-0.25, -0.2) is 9.97 Å². The molecule has 1 N–H and O–H groups in total. The van der Waals surface area contributed by atoms with Crippen LogP contribution in [0.15, 0.2) is 18.5 Å². The van der Waals surface area contributed by atoms with E-state index >= 15 is 0 Å². The highest BCUT2D eigenvalue weighted by molar-refractivity contribution is 7.16. The second-order valence-corrected chi connectivity index (χ2v) is 6.54. The standard InChI is InChI=1S/C14H16ClN3S/c15-13-6-5-10(19-13)7-8-16-14-11-3-1-2-4-12(11)17-9-18-14/h5-6,9H,1-4,7-8H2,(H,16,17,18). The first-order valence-corrected chi connectivity index (χ1v) is 7.83. The lowest BCUT2D eigenvalue weighted by atomic mass is 9.96. The summed E-state index contributed by atoms with van der Waals surface area (Å²) in [7, 11) is 0. The van der Waals surface area contributed by atoms with Gasteiger partial charge < -0.3 is 5.32 Å². The molecule has 0 saturated heterocycles. The minimum Gasteiger partial charge on any atom is -0.369 e. The molecule has 0 radical (unpaired) electrons. The molecule has 3 nitrogen and oxygen atoms in total. The second-order valence-electron chi connectivity index (χ2n) is 4.74. The zero-order chi connectivity index (χ0) is 13.1. The highest BCUT2D eigenvalue weighted by atomic mass is 35.5. The van der Waals surface area contributed by atoms with Crippen molar-refractivity contribution in [3.05, 3.63) is 38.9 Å². The summed E-state index contributed by atoms with van der Waals surface area (Å²) in [5.74, 6) is 1.02. The summed E-state index contributed by atoms with van der Waals surface area (Å²) in [6, 6.07) is 4.04. The molecule has 0 bridgehead atoms. The lowest BCUT2D eigenvalue weighted by Crippen LogP contribution is -2.13. The van der Waals surface area contributed by atoms with Crippen LogP contribution in [0, 0.1) is 0 Å². The first-order chi connectivity index (χ1) is 9.33. The Kier molecular flexibility index (Phi) is 3.99. The number of nitrogens with zero attached hydrogens (tertiary/aromatic N) is 2. The third-order valence-electron chi connectivity index (χ3n) is 3.42. The van der Waals surface area contributed by atoms with Gasteiger partial charge in [0.25, 0.3) is 0 Å². The van der Waals surface area contributed by atoms with E-state index in [1.807, 2.05) is 6.07 Å². The molecule has 0 saturated carbocycles. The first-order valence-electron chi connectivity index (χ1n) is 6.64. The van der Waals surface area contributed by atoms with Gasteiger partial charge in [-0.1, -0.05) is 11.6 Å². The molecular weight excluding hydrogens is 278 g/mol. The SMILES string of the molecule is Clc1ccc(CCNc2ncnc3c2CCCC3)s1. The zero-order valence-corrected chi connectivity index (χ0v) is 12.2. The molecular formula is C14H16ClN3S. The molecule has 2 heterocycles. The van der Waals surface area contributed by atoms with Crippen LogP contribution in [-0.4, -0.2) is 16.5 Å². The van der Waals surface area contributed by atoms with E-state index in [0.717, 1.165) is 36.0 Å². The number of rotatable bonds is 4. The number of hydrogen-bond donors (Lipinski definition) is 1. The van der Waals surface area contributed by atoms with Gasteiger partial charge in [-0.2, -0.15) is 0 Å². The van der Waals surface area contributed by atoms with Crippen LogP contribution in [0.4, 0.5) is 5.82 Å². The average molecular weight is 294 g/mol. The molecule has 1 aliphatic rings. The van der Waals surface area contributed by atoms with Gasteiger partial charge in [0.05, 0.1) is 4.34 Å². The number of aryl methyl sites for hydroxylation is 1. The van der Waals surface area contributed by atoms with Gasteiger partial charge >= 0.3 is 0 Å². The molecule has 2 aromatic heterocycles. The minimum absolute atomic E-state index is 0.856. The maximum atomic E-state index is 5.93. The number of hydrogen-bond acceptors (Lipinski definition) is 4. The summed E-state index contributed by atoms with van der Waals surface area (Å²) in [6.45, 7) is 0.889. The van der Waals surface area contributed by atoms with Crippen LogP contribution in [0.5, 0.6) is 0 Å². The Labute approximate surface area is 122 Å². The number of halogens is 1. The van der Waals surface area contributed by atoms with Crippen LogP contribution >= 0.6 is 22.9 Å². The lowest BCUT2D eigenvalue weighted by Gasteiger charge is -2.17. The van der Waals surface area contributed by atoms with E-state index < -0.39 is 0 Å². The number of aromatic nitrogens is 2. The summed E-state index contributed by atoms with van der Waals surface area (Å²) in [5.41, 5.74) is 2.54. The van der Waals surface area contributed by atoms with Crippen molar-refractivity contribution in [1.29, 1.82) is 0 Å². The molecule has 0 unspecified atom stereocenters. The third-order valence-corrected chi connectivity index (χ3v) is 4.71. The summed E-state index contributed by atoms with van der Waals surface area (Å²) >= 11 is 7.57. The predicted molar refractivity (Wildman–Crippen MR) is 80.2 cm³/mol. The number of nitrogens with one attached hydrogen (secondary N) is 1. The highest BCUT2D eigenvalue weighted by Gasteiger charge is 2.14. The van der Waals surface area contributed by atoms with Gasteiger partial charge in [0.1, 0.15) is 12.1 Å². The van der Waals surface area contributed by atoms with Crippen LogP contribution in [0.2, 0.25) is 4.34 Å². The van der Waals surface area contributed by atoms with Crippen LogP contribution in [0.25, 0.3) is 0 Å². The van der Waals surface area contributed by atoms with E-state index in [9.17, 15) is 0 Å². The molecule has 3 rings (SSSR count). The van der Waals surface area contributed by atoms with Gasteiger partial charge in [-0.05, 0) is 44.2 Å². The fourth-order valence-corrected chi connectivity index (χ4v) is 3.55. The molecule has 19 heavy (non-hydrogen) atoms. The average Bonchev–Trinajstić information content (AvgIpc) is 2.85. The fraction of sp³-hybridized carbons (Fsp3) is 0.429. The molecule has 0 spiro atoms. The molecule has 0 atom stereocenters. The summed E-state index contributed by atoms with van der Waals surface area (Å²) in [5, 5.41) is 3.44. The molecule has 5 heteroatoms. The van der Waals surface area contributed by atoms with Crippen LogP contribution < -0.4 is 5.32 Å².